The Bertz CT molecular complexity index is 1250. The fraction of sp³-hybridized carbons (Fsp3) is 0.333. The Balaban J connectivity index is 1.37. The van der Waals surface area contributed by atoms with E-state index in [2.05, 4.69) is 15.4 Å². The quantitative estimate of drug-likeness (QED) is 0.664. The van der Waals surface area contributed by atoms with Gasteiger partial charge >= 0.3 is 0 Å². The number of nitrogens with zero attached hydrogens (tertiary/aromatic N) is 3. The van der Waals surface area contributed by atoms with E-state index < -0.39 is 11.7 Å². The molecule has 0 spiro atoms. The number of methoxy groups -OCH3 is 2. The fourth-order valence-corrected chi connectivity index (χ4v) is 3.99. The summed E-state index contributed by atoms with van der Waals surface area (Å²) in [4.78, 5) is 29.7. The summed E-state index contributed by atoms with van der Waals surface area (Å²) in [6, 6.07) is 5.61. The number of nitrogens with one attached hydrogen (secondary N) is 1. The Kier molecular flexibility index (Phi) is 6.39. The van der Waals surface area contributed by atoms with Crippen molar-refractivity contribution in [2.45, 2.75) is 32.1 Å². The van der Waals surface area contributed by atoms with Gasteiger partial charge in [-0.25, -0.2) is 9.37 Å². The van der Waals surface area contributed by atoms with Gasteiger partial charge in [0.2, 0.25) is 5.91 Å². The van der Waals surface area contributed by atoms with Gasteiger partial charge in [-0.15, -0.1) is 0 Å². The first-order valence-corrected chi connectivity index (χ1v) is 10.7. The van der Waals surface area contributed by atoms with E-state index in [0.717, 1.165) is 10.2 Å². The third-order valence-electron chi connectivity index (χ3n) is 5.74. The Morgan fingerprint density at radius 3 is 2.76 bits per heavy atom. The summed E-state index contributed by atoms with van der Waals surface area (Å²) >= 11 is 0. The second-order valence-corrected chi connectivity index (χ2v) is 7.81. The number of hydrogen-bond acceptors (Lipinski definition) is 6. The van der Waals surface area contributed by atoms with E-state index in [0.29, 0.717) is 41.4 Å². The number of hydrogen-bond donors (Lipinski definition) is 1. The molecule has 1 atom stereocenters. The summed E-state index contributed by atoms with van der Waals surface area (Å²) < 4.78 is 25.9. The topological polar surface area (TPSA) is 94.8 Å². The Labute approximate surface area is 190 Å². The molecule has 0 saturated carbocycles. The minimum atomic E-state index is -0.740. The zero-order valence-corrected chi connectivity index (χ0v) is 18.7. The van der Waals surface area contributed by atoms with Crippen molar-refractivity contribution in [3.8, 4) is 11.5 Å². The number of allylic oxidation sites excluding steroid dienone is 4. The molecular weight excluding hydrogens is 427 g/mol. The molecule has 1 aromatic heterocycles. The van der Waals surface area contributed by atoms with Crippen LogP contribution in [0.5, 0.6) is 11.5 Å². The highest BCUT2D eigenvalue weighted by Crippen LogP contribution is 2.33. The Hall–Kier alpha value is -3.75. The van der Waals surface area contributed by atoms with Crippen molar-refractivity contribution in [1.29, 1.82) is 0 Å². The lowest BCUT2D eigenvalue weighted by Gasteiger charge is -2.13. The molecule has 1 amide bonds. The molecule has 8 nitrogen and oxygen atoms in total. The molecule has 9 heteroatoms. The van der Waals surface area contributed by atoms with E-state index >= 15 is 0 Å². The molecule has 1 aromatic carbocycles. The number of rotatable bonds is 8. The normalized spacial score (nSPS) is 15.9. The maximum Gasteiger partial charge on any atom is 0.277 e. The number of carbonyl (C=O) groups excluding carboxylic acids is 1. The molecule has 2 aromatic rings. The van der Waals surface area contributed by atoms with Crippen LogP contribution >= 0.6 is 0 Å². The van der Waals surface area contributed by atoms with E-state index in [9.17, 15) is 14.0 Å². The van der Waals surface area contributed by atoms with Gasteiger partial charge in [0.1, 0.15) is 17.6 Å². The summed E-state index contributed by atoms with van der Waals surface area (Å²) in [5, 5.41) is 7.10. The fourth-order valence-electron chi connectivity index (χ4n) is 3.99. The van der Waals surface area contributed by atoms with Gasteiger partial charge in [0.25, 0.3) is 5.56 Å². The third-order valence-corrected chi connectivity index (χ3v) is 5.74. The second kappa shape index (κ2) is 9.40. The lowest BCUT2D eigenvalue weighted by Crippen LogP contribution is -2.29. The smallest absolute Gasteiger partial charge is 0.277 e. The average Bonchev–Trinajstić information content (AvgIpc) is 3.18. The van der Waals surface area contributed by atoms with Gasteiger partial charge in [-0.1, -0.05) is 12.1 Å². The third kappa shape index (κ3) is 4.44. The number of aromatic nitrogens is 2. The van der Waals surface area contributed by atoms with Gasteiger partial charge in [-0.3, -0.25) is 9.59 Å². The molecule has 0 saturated heterocycles. The Morgan fingerprint density at radius 1 is 1.21 bits per heavy atom. The van der Waals surface area contributed by atoms with Crippen molar-refractivity contribution in [3.05, 3.63) is 75.3 Å². The predicted octanol–water partition coefficient (Wildman–Crippen LogP) is 2.58. The lowest BCUT2D eigenvalue weighted by atomic mass is 9.97. The van der Waals surface area contributed by atoms with Crippen LogP contribution in [0.2, 0.25) is 0 Å². The van der Waals surface area contributed by atoms with Crippen LogP contribution in [-0.2, 0) is 17.6 Å². The van der Waals surface area contributed by atoms with E-state index in [1.165, 1.54) is 6.08 Å². The van der Waals surface area contributed by atoms with Crippen molar-refractivity contribution in [3.63, 3.8) is 0 Å². The van der Waals surface area contributed by atoms with Gasteiger partial charge in [0.05, 0.1) is 19.9 Å². The van der Waals surface area contributed by atoms with Crippen molar-refractivity contribution in [1.82, 2.24) is 15.0 Å². The van der Waals surface area contributed by atoms with Gasteiger partial charge in [-0.2, -0.15) is 9.78 Å². The minimum absolute atomic E-state index is 0.136. The number of fused-ring (bicyclic) bond motifs is 3. The van der Waals surface area contributed by atoms with Crippen LogP contribution in [0.3, 0.4) is 0 Å². The van der Waals surface area contributed by atoms with Crippen LogP contribution in [0.1, 0.15) is 35.0 Å². The summed E-state index contributed by atoms with van der Waals surface area (Å²) in [5.41, 5.74) is 1.98. The highest BCUT2D eigenvalue weighted by molar-refractivity contribution is 6.04. The SMILES string of the molecule is COc1ccc(CCNC(=O)CCc2c(C)nc3n(c2=O)N=C2C=CC=C(F)C23)cc1OC. The first-order chi connectivity index (χ1) is 15.9. The molecule has 2 aliphatic rings. The highest BCUT2D eigenvalue weighted by Gasteiger charge is 2.34. The van der Waals surface area contributed by atoms with Crippen molar-refractivity contribution >= 4 is 11.6 Å². The molecule has 172 valence electrons. The average molecular weight is 452 g/mol. The summed E-state index contributed by atoms with van der Waals surface area (Å²) in [6.07, 6.45) is 5.56. The van der Waals surface area contributed by atoms with Crippen LogP contribution in [0.15, 0.2) is 52.1 Å². The second-order valence-electron chi connectivity index (χ2n) is 7.81. The number of benzene rings is 1. The van der Waals surface area contributed by atoms with Gasteiger partial charge in [0, 0.05) is 24.2 Å². The molecule has 33 heavy (non-hydrogen) atoms. The Morgan fingerprint density at radius 2 is 2.00 bits per heavy atom. The summed E-state index contributed by atoms with van der Waals surface area (Å²) in [5.74, 6) is 0.251. The molecule has 0 bridgehead atoms. The van der Waals surface area contributed by atoms with Gasteiger partial charge in [-0.05, 0) is 49.6 Å². The molecule has 1 unspecified atom stereocenters. The van der Waals surface area contributed by atoms with Crippen molar-refractivity contribution in [2.24, 2.45) is 5.10 Å². The number of halogens is 1. The van der Waals surface area contributed by atoms with E-state index in [1.807, 2.05) is 18.2 Å². The molecule has 2 heterocycles. The standard InChI is InChI=1S/C24H25FN4O4/c1-14-16(24(31)29-23(27-14)22-17(25)5-4-6-18(22)28-29)8-10-21(30)26-12-11-15-7-9-19(32-2)20(13-15)33-3/h4-7,9,13,22H,8,10-12H2,1-3H3,(H,26,30). The van der Waals surface area contributed by atoms with Crippen molar-refractivity contribution in [2.75, 3.05) is 20.8 Å². The first-order valence-electron chi connectivity index (χ1n) is 10.7. The predicted molar refractivity (Wildman–Crippen MR) is 122 cm³/mol. The maximum atomic E-state index is 14.3. The minimum Gasteiger partial charge on any atom is -0.493 e. The maximum absolute atomic E-state index is 14.3. The van der Waals surface area contributed by atoms with Crippen molar-refractivity contribution < 1.29 is 18.7 Å². The number of ether oxygens (including phenoxy) is 2. The summed E-state index contributed by atoms with van der Waals surface area (Å²) in [6.45, 7) is 2.15. The number of aryl methyl sites for hydroxylation is 1. The molecule has 1 N–H and O–H groups in total. The van der Waals surface area contributed by atoms with Gasteiger partial charge < -0.3 is 14.8 Å². The number of carbonyl (C=O) groups is 1. The lowest BCUT2D eigenvalue weighted by molar-refractivity contribution is -0.121. The van der Waals surface area contributed by atoms with Crippen LogP contribution in [0, 0.1) is 6.92 Å². The van der Waals surface area contributed by atoms with Gasteiger partial charge in [0.15, 0.2) is 11.5 Å². The number of amides is 1. The molecule has 0 radical (unpaired) electrons. The molecule has 1 aliphatic heterocycles. The molecular formula is C24H25FN4O4. The van der Waals surface area contributed by atoms with Crippen LogP contribution in [-0.4, -0.2) is 42.0 Å². The molecule has 4 rings (SSSR count). The van der Waals surface area contributed by atoms with Crippen LogP contribution in [0.25, 0.3) is 0 Å². The zero-order chi connectivity index (χ0) is 23.5. The largest absolute Gasteiger partial charge is 0.493 e. The molecule has 1 aliphatic carbocycles. The van der Waals surface area contributed by atoms with E-state index in [1.54, 1.807) is 33.3 Å². The zero-order valence-electron chi connectivity index (χ0n) is 18.7. The van der Waals surface area contributed by atoms with Crippen LogP contribution in [0.4, 0.5) is 4.39 Å². The van der Waals surface area contributed by atoms with E-state index in [-0.39, 0.29) is 30.1 Å². The van der Waals surface area contributed by atoms with Crippen LogP contribution < -0.4 is 20.3 Å². The highest BCUT2D eigenvalue weighted by atomic mass is 19.1. The first kappa shape index (κ1) is 22.4. The van der Waals surface area contributed by atoms with E-state index in [4.69, 9.17) is 9.47 Å². The monoisotopic (exact) mass is 452 g/mol. The molecule has 0 fully saturated rings. The summed E-state index contributed by atoms with van der Waals surface area (Å²) in [7, 11) is 3.15.